The number of hydrogen-bond acceptors (Lipinski definition) is 8. The van der Waals surface area contributed by atoms with Gasteiger partial charge in [0.05, 0.1) is 27.4 Å². The summed E-state index contributed by atoms with van der Waals surface area (Å²) in [7, 11) is 2.26. The quantitative estimate of drug-likeness (QED) is 0.414. The Hall–Kier alpha value is -2.32. The maximum atomic E-state index is 12.8. The normalized spacial score (nSPS) is 22.9. The number of likely N-dealkylation sites (tertiary alicyclic amines) is 1. The molecule has 2 atom stereocenters. The predicted octanol–water partition coefficient (Wildman–Crippen LogP) is 1.14. The van der Waals surface area contributed by atoms with Crippen LogP contribution in [0.2, 0.25) is 0 Å². The Labute approximate surface area is 140 Å². The van der Waals surface area contributed by atoms with E-state index < -0.39 is 41.6 Å². The van der Waals surface area contributed by atoms with Crippen molar-refractivity contribution in [2.24, 2.45) is 5.92 Å². The molecule has 0 bridgehead atoms. The Morgan fingerprint density at radius 1 is 1.17 bits per heavy atom. The molecule has 0 saturated carbocycles. The lowest BCUT2D eigenvalue weighted by Crippen LogP contribution is -2.60. The SMILES string of the molecule is CCOC(=O)[C@@]1(C(=O)C(C)C)C[C@@H](OC(=O)OC)CN1C(=O)OC. The number of esters is 1. The van der Waals surface area contributed by atoms with Crippen LogP contribution in [0.25, 0.3) is 0 Å². The average molecular weight is 345 g/mol. The van der Waals surface area contributed by atoms with Gasteiger partial charge in [-0.1, -0.05) is 13.8 Å². The van der Waals surface area contributed by atoms with E-state index in [1.807, 2.05) is 0 Å². The summed E-state index contributed by atoms with van der Waals surface area (Å²) in [6.45, 7) is 4.65. The number of ketones is 1. The Morgan fingerprint density at radius 2 is 1.79 bits per heavy atom. The number of methoxy groups -OCH3 is 2. The third-order valence-corrected chi connectivity index (χ3v) is 3.74. The third kappa shape index (κ3) is 3.60. The van der Waals surface area contributed by atoms with Crippen molar-refractivity contribution >= 4 is 24.0 Å². The number of rotatable bonds is 5. The van der Waals surface area contributed by atoms with Gasteiger partial charge in [-0.05, 0) is 6.92 Å². The van der Waals surface area contributed by atoms with Crippen LogP contribution in [-0.4, -0.2) is 67.9 Å². The molecule has 1 saturated heterocycles. The lowest BCUT2D eigenvalue weighted by Gasteiger charge is -2.34. The minimum absolute atomic E-state index is 0.0312. The van der Waals surface area contributed by atoms with E-state index in [2.05, 4.69) is 9.47 Å². The minimum Gasteiger partial charge on any atom is -0.464 e. The van der Waals surface area contributed by atoms with Crippen LogP contribution in [0.3, 0.4) is 0 Å². The highest BCUT2D eigenvalue weighted by atomic mass is 16.7. The van der Waals surface area contributed by atoms with E-state index >= 15 is 0 Å². The molecule has 0 aromatic rings. The van der Waals surface area contributed by atoms with E-state index in [1.165, 1.54) is 0 Å². The van der Waals surface area contributed by atoms with Gasteiger partial charge in [0.15, 0.2) is 5.78 Å². The van der Waals surface area contributed by atoms with E-state index in [0.29, 0.717) is 0 Å². The summed E-state index contributed by atoms with van der Waals surface area (Å²) in [6.07, 6.45) is -2.97. The van der Waals surface area contributed by atoms with Gasteiger partial charge in [-0.2, -0.15) is 0 Å². The molecule has 1 aliphatic heterocycles. The molecule has 0 radical (unpaired) electrons. The molecule has 136 valence electrons. The summed E-state index contributed by atoms with van der Waals surface area (Å²) in [6, 6.07) is 0. The topological polar surface area (TPSA) is 108 Å². The van der Waals surface area contributed by atoms with Crippen LogP contribution in [0.4, 0.5) is 9.59 Å². The highest BCUT2D eigenvalue weighted by molar-refractivity contribution is 6.11. The number of ether oxygens (including phenoxy) is 4. The Kier molecular flexibility index (Phi) is 6.56. The first kappa shape index (κ1) is 19.7. The van der Waals surface area contributed by atoms with Crippen molar-refractivity contribution in [3.05, 3.63) is 0 Å². The summed E-state index contributed by atoms with van der Waals surface area (Å²) < 4.78 is 19.2. The van der Waals surface area contributed by atoms with E-state index in [9.17, 15) is 19.2 Å². The van der Waals surface area contributed by atoms with Crippen LogP contribution in [0, 0.1) is 5.92 Å². The second kappa shape index (κ2) is 7.98. The van der Waals surface area contributed by atoms with Crippen molar-refractivity contribution in [2.75, 3.05) is 27.4 Å². The molecule has 1 heterocycles. The van der Waals surface area contributed by atoms with Gasteiger partial charge in [0.1, 0.15) is 6.10 Å². The standard InChI is InChI=1S/C15H23NO8/c1-6-23-12(18)15(11(17)9(2)3)7-10(24-14(20)22-5)8-16(15)13(19)21-4/h9-10H,6-8H2,1-5H3/t10-,15+/m1/s1. The second-order valence-electron chi connectivity index (χ2n) is 5.58. The molecule has 0 aliphatic carbocycles. The maximum absolute atomic E-state index is 12.8. The lowest BCUT2D eigenvalue weighted by atomic mass is 9.84. The number of Topliss-reactive ketones (excluding diaryl/α,β-unsaturated/α-hetero) is 1. The molecule has 0 aromatic carbocycles. The molecule has 9 nitrogen and oxygen atoms in total. The van der Waals surface area contributed by atoms with Crippen LogP contribution < -0.4 is 0 Å². The van der Waals surface area contributed by atoms with Gasteiger partial charge < -0.3 is 18.9 Å². The summed E-state index contributed by atoms with van der Waals surface area (Å²) in [5, 5.41) is 0. The van der Waals surface area contributed by atoms with Gasteiger partial charge in [0.2, 0.25) is 5.54 Å². The van der Waals surface area contributed by atoms with Crippen LogP contribution >= 0.6 is 0 Å². The molecule has 1 fully saturated rings. The number of amides is 1. The van der Waals surface area contributed by atoms with Crippen molar-refractivity contribution in [2.45, 2.75) is 38.8 Å². The predicted molar refractivity (Wildman–Crippen MR) is 80.2 cm³/mol. The smallest absolute Gasteiger partial charge is 0.464 e. The molecule has 0 N–H and O–H groups in total. The van der Waals surface area contributed by atoms with Crippen molar-refractivity contribution < 1.29 is 38.1 Å². The number of hydrogen-bond donors (Lipinski definition) is 0. The van der Waals surface area contributed by atoms with Gasteiger partial charge in [0, 0.05) is 12.3 Å². The molecule has 0 aromatic heterocycles. The van der Waals surface area contributed by atoms with E-state index in [0.717, 1.165) is 19.1 Å². The average Bonchev–Trinajstić information content (AvgIpc) is 2.93. The third-order valence-electron chi connectivity index (χ3n) is 3.74. The Balaban J connectivity index is 3.32. The molecule has 9 heteroatoms. The Morgan fingerprint density at radius 3 is 2.25 bits per heavy atom. The molecular formula is C15H23NO8. The molecule has 0 spiro atoms. The number of nitrogens with zero attached hydrogens (tertiary/aromatic N) is 1. The zero-order valence-electron chi connectivity index (χ0n) is 14.5. The Bertz CT molecular complexity index is 518. The van der Waals surface area contributed by atoms with E-state index in [4.69, 9.17) is 9.47 Å². The highest BCUT2D eigenvalue weighted by Crippen LogP contribution is 2.36. The van der Waals surface area contributed by atoms with E-state index in [1.54, 1.807) is 20.8 Å². The summed E-state index contributed by atoms with van der Waals surface area (Å²) in [5.41, 5.74) is -1.89. The molecule has 0 unspecified atom stereocenters. The van der Waals surface area contributed by atoms with Crippen LogP contribution in [0.1, 0.15) is 27.2 Å². The minimum atomic E-state index is -1.89. The zero-order valence-corrected chi connectivity index (χ0v) is 14.5. The van der Waals surface area contributed by atoms with Gasteiger partial charge >= 0.3 is 18.2 Å². The maximum Gasteiger partial charge on any atom is 0.508 e. The number of carbonyl (C=O) groups is 4. The van der Waals surface area contributed by atoms with E-state index in [-0.39, 0.29) is 19.6 Å². The van der Waals surface area contributed by atoms with Gasteiger partial charge in [-0.25, -0.2) is 14.4 Å². The summed E-state index contributed by atoms with van der Waals surface area (Å²) in [4.78, 5) is 49.8. The molecule has 1 rings (SSSR count). The molecule has 1 amide bonds. The number of carbonyl (C=O) groups excluding carboxylic acids is 4. The van der Waals surface area contributed by atoms with Gasteiger partial charge in [-0.3, -0.25) is 9.69 Å². The highest BCUT2D eigenvalue weighted by Gasteiger charge is 2.61. The largest absolute Gasteiger partial charge is 0.508 e. The van der Waals surface area contributed by atoms with Crippen molar-refractivity contribution in [3.63, 3.8) is 0 Å². The van der Waals surface area contributed by atoms with Crippen molar-refractivity contribution in [3.8, 4) is 0 Å². The summed E-state index contributed by atoms with van der Waals surface area (Å²) in [5.74, 6) is -1.94. The van der Waals surface area contributed by atoms with Crippen LogP contribution in [0.5, 0.6) is 0 Å². The zero-order chi connectivity index (χ0) is 18.5. The molecule has 24 heavy (non-hydrogen) atoms. The molecular weight excluding hydrogens is 322 g/mol. The first-order valence-corrected chi connectivity index (χ1v) is 7.56. The van der Waals surface area contributed by atoms with Gasteiger partial charge in [-0.15, -0.1) is 0 Å². The van der Waals surface area contributed by atoms with Crippen LogP contribution in [-0.2, 0) is 28.5 Å². The first-order valence-electron chi connectivity index (χ1n) is 7.56. The fourth-order valence-electron chi connectivity index (χ4n) is 2.72. The fraction of sp³-hybridized carbons (Fsp3) is 0.733. The first-order chi connectivity index (χ1) is 11.2. The van der Waals surface area contributed by atoms with Crippen molar-refractivity contribution in [1.29, 1.82) is 0 Å². The molecule has 1 aliphatic rings. The fourth-order valence-corrected chi connectivity index (χ4v) is 2.72. The van der Waals surface area contributed by atoms with Crippen LogP contribution in [0.15, 0.2) is 0 Å². The second-order valence-corrected chi connectivity index (χ2v) is 5.58. The van der Waals surface area contributed by atoms with Gasteiger partial charge in [0.25, 0.3) is 0 Å². The lowest BCUT2D eigenvalue weighted by molar-refractivity contribution is -0.161. The monoisotopic (exact) mass is 345 g/mol. The van der Waals surface area contributed by atoms with Crippen molar-refractivity contribution in [1.82, 2.24) is 4.90 Å². The summed E-state index contributed by atoms with van der Waals surface area (Å²) >= 11 is 0.